The monoisotopic (exact) mass is 434 g/mol. The number of rotatable bonds is 5. The number of nitrogens with one attached hydrogen (secondary N) is 1. The highest BCUT2D eigenvalue weighted by atomic mass is 35.5. The molecule has 1 amide bonds. The van der Waals surface area contributed by atoms with Gasteiger partial charge in [0.2, 0.25) is 0 Å². The highest BCUT2D eigenvalue weighted by molar-refractivity contribution is 6.33. The molecule has 4 aromatic rings. The van der Waals surface area contributed by atoms with Gasteiger partial charge in [0.05, 0.1) is 12.7 Å². The smallest absolute Gasteiger partial charge is 0.280 e. The number of carbonyl (C=O) groups is 1. The van der Waals surface area contributed by atoms with Gasteiger partial charge in [-0.05, 0) is 30.7 Å². The number of aromatic nitrogens is 5. The lowest BCUT2D eigenvalue weighted by Gasteiger charge is -2.06. The number of fused-ring (bicyclic) bond motifs is 1. The van der Waals surface area contributed by atoms with E-state index in [-0.39, 0.29) is 33.6 Å². The number of alkyl halides is 2. The number of carbonyl (C=O) groups excluding carboxylic acids is 1. The SMILES string of the molecule is Cc1cc(C(F)F)n2ncc(C(=O)Nc3nn(Cc4ccc(F)cc4)cc3Cl)c2n1. The van der Waals surface area contributed by atoms with E-state index in [0.717, 1.165) is 16.3 Å². The minimum Gasteiger partial charge on any atom is -0.304 e. The highest BCUT2D eigenvalue weighted by Crippen LogP contribution is 2.24. The van der Waals surface area contributed by atoms with Crippen LogP contribution in [0.15, 0.2) is 42.7 Å². The van der Waals surface area contributed by atoms with E-state index in [1.54, 1.807) is 19.1 Å². The summed E-state index contributed by atoms with van der Waals surface area (Å²) in [6, 6.07) is 7.09. The molecule has 11 heteroatoms. The number of hydrogen-bond donors (Lipinski definition) is 1. The molecule has 0 fully saturated rings. The van der Waals surface area contributed by atoms with Crippen LogP contribution in [-0.2, 0) is 6.54 Å². The molecule has 0 bridgehead atoms. The van der Waals surface area contributed by atoms with E-state index in [9.17, 15) is 18.0 Å². The third kappa shape index (κ3) is 3.86. The third-order valence-corrected chi connectivity index (χ3v) is 4.58. The minimum atomic E-state index is -2.78. The fraction of sp³-hybridized carbons (Fsp3) is 0.158. The van der Waals surface area contributed by atoms with E-state index >= 15 is 0 Å². The Balaban J connectivity index is 1.59. The van der Waals surface area contributed by atoms with E-state index < -0.39 is 12.3 Å². The van der Waals surface area contributed by atoms with Gasteiger partial charge in [0.15, 0.2) is 11.5 Å². The summed E-state index contributed by atoms with van der Waals surface area (Å²) >= 11 is 6.16. The lowest BCUT2D eigenvalue weighted by molar-refractivity contribution is 0.102. The first-order valence-corrected chi connectivity index (χ1v) is 9.12. The van der Waals surface area contributed by atoms with E-state index in [4.69, 9.17) is 11.6 Å². The molecule has 0 aliphatic carbocycles. The molecule has 0 saturated heterocycles. The lowest BCUT2D eigenvalue weighted by atomic mass is 10.2. The van der Waals surface area contributed by atoms with Gasteiger partial charge in [-0.2, -0.15) is 10.2 Å². The van der Waals surface area contributed by atoms with E-state index in [1.165, 1.54) is 29.1 Å². The largest absolute Gasteiger partial charge is 0.304 e. The summed E-state index contributed by atoms with van der Waals surface area (Å²) in [6.45, 7) is 1.86. The van der Waals surface area contributed by atoms with E-state index in [0.29, 0.717) is 12.2 Å². The van der Waals surface area contributed by atoms with Crippen molar-refractivity contribution in [3.8, 4) is 0 Å². The molecular formula is C19H14ClF3N6O. The van der Waals surface area contributed by atoms with Crippen LogP contribution in [0.2, 0.25) is 5.02 Å². The van der Waals surface area contributed by atoms with Crippen LogP contribution in [0.5, 0.6) is 0 Å². The van der Waals surface area contributed by atoms with Crippen molar-refractivity contribution in [3.05, 3.63) is 76.1 Å². The Morgan fingerprint density at radius 2 is 2.00 bits per heavy atom. The molecule has 0 spiro atoms. The Kier molecular flexibility index (Phi) is 5.17. The van der Waals surface area contributed by atoms with Crippen LogP contribution >= 0.6 is 11.6 Å². The van der Waals surface area contributed by atoms with Crippen LogP contribution in [0.4, 0.5) is 19.0 Å². The molecule has 154 valence electrons. The normalized spacial score (nSPS) is 11.4. The molecule has 0 atom stereocenters. The van der Waals surface area contributed by atoms with Gasteiger partial charge < -0.3 is 5.32 Å². The van der Waals surface area contributed by atoms with Gasteiger partial charge >= 0.3 is 0 Å². The first-order chi connectivity index (χ1) is 14.3. The van der Waals surface area contributed by atoms with Crippen molar-refractivity contribution in [1.29, 1.82) is 0 Å². The number of anilines is 1. The van der Waals surface area contributed by atoms with Crippen LogP contribution in [0.1, 0.15) is 33.7 Å². The van der Waals surface area contributed by atoms with E-state index in [2.05, 4.69) is 20.5 Å². The molecule has 0 radical (unpaired) electrons. The van der Waals surface area contributed by atoms with Crippen LogP contribution in [0.25, 0.3) is 5.65 Å². The lowest BCUT2D eigenvalue weighted by Crippen LogP contribution is -2.14. The summed E-state index contributed by atoms with van der Waals surface area (Å²) in [6.07, 6.45) is -0.109. The number of halogens is 4. The Labute approximate surface area is 173 Å². The van der Waals surface area contributed by atoms with Gasteiger partial charge in [-0.15, -0.1) is 0 Å². The molecule has 30 heavy (non-hydrogen) atoms. The van der Waals surface area contributed by atoms with E-state index in [1.807, 2.05) is 0 Å². The van der Waals surface area contributed by atoms with Crippen LogP contribution in [0.3, 0.4) is 0 Å². The molecule has 1 N–H and O–H groups in total. The molecule has 0 saturated carbocycles. The molecule has 1 aromatic carbocycles. The molecule has 0 unspecified atom stereocenters. The average Bonchev–Trinajstić information content (AvgIpc) is 3.26. The second-order valence-corrected chi connectivity index (χ2v) is 6.93. The first-order valence-electron chi connectivity index (χ1n) is 8.74. The molecule has 7 nitrogen and oxygen atoms in total. The predicted molar refractivity (Wildman–Crippen MR) is 103 cm³/mol. The maximum atomic E-state index is 13.3. The first kappa shape index (κ1) is 19.9. The Morgan fingerprint density at radius 3 is 2.70 bits per heavy atom. The van der Waals surface area contributed by atoms with Crippen molar-refractivity contribution in [2.24, 2.45) is 0 Å². The zero-order chi connectivity index (χ0) is 21.4. The molecule has 0 aliphatic rings. The maximum Gasteiger partial charge on any atom is 0.280 e. The summed E-state index contributed by atoms with van der Waals surface area (Å²) in [4.78, 5) is 16.8. The van der Waals surface area contributed by atoms with Crippen molar-refractivity contribution < 1.29 is 18.0 Å². The number of benzene rings is 1. The predicted octanol–water partition coefficient (Wildman–Crippen LogP) is 4.26. The number of aryl methyl sites for hydroxylation is 1. The number of hydrogen-bond acceptors (Lipinski definition) is 4. The van der Waals surface area contributed by atoms with Gasteiger partial charge in [0.1, 0.15) is 22.1 Å². The van der Waals surface area contributed by atoms with Gasteiger partial charge in [-0.25, -0.2) is 22.7 Å². The summed E-state index contributed by atoms with van der Waals surface area (Å²) < 4.78 is 42.0. The summed E-state index contributed by atoms with van der Waals surface area (Å²) in [5, 5.41) is 10.8. The topological polar surface area (TPSA) is 77.1 Å². The quantitative estimate of drug-likeness (QED) is 0.509. The zero-order valence-corrected chi connectivity index (χ0v) is 16.2. The summed E-state index contributed by atoms with van der Waals surface area (Å²) in [5.41, 5.74) is 0.761. The van der Waals surface area contributed by atoms with Crippen LogP contribution in [-0.4, -0.2) is 30.3 Å². The van der Waals surface area contributed by atoms with Crippen molar-refractivity contribution in [1.82, 2.24) is 24.4 Å². The maximum absolute atomic E-state index is 13.3. The molecule has 4 rings (SSSR count). The standard InChI is InChI=1S/C19H14ClF3N6O/c1-10-6-15(16(22)23)29-18(25-10)13(7-24-29)19(30)26-17-14(20)9-28(27-17)8-11-2-4-12(21)5-3-11/h2-7,9,16H,8H2,1H3,(H,26,27,30). The molecule has 3 aromatic heterocycles. The van der Waals surface area contributed by atoms with Crippen molar-refractivity contribution in [2.75, 3.05) is 5.32 Å². The highest BCUT2D eigenvalue weighted by Gasteiger charge is 2.21. The van der Waals surface area contributed by atoms with Crippen molar-refractivity contribution in [3.63, 3.8) is 0 Å². The third-order valence-electron chi connectivity index (χ3n) is 4.30. The Hall–Kier alpha value is -3.40. The second-order valence-electron chi connectivity index (χ2n) is 6.52. The van der Waals surface area contributed by atoms with Gasteiger partial charge in [0, 0.05) is 11.9 Å². The number of nitrogens with zero attached hydrogens (tertiary/aromatic N) is 5. The summed E-state index contributed by atoms with van der Waals surface area (Å²) in [5.74, 6) is -0.903. The molecule has 3 heterocycles. The molecular weight excluding hydrogens is 421 g/mol. The number of amides is 1. The second kappa shape index (κ2) is 7.79. The average molecular weight is 435 g/mol. The Bertz CT molecular complexity index is 1240. The van der Waals surface area contributed by atoms with Crippen molar-refractivity contribution in [2.45, 2.75) is 19.9 Å². The fourth-order valence-electron chi connectivity index (χ4n) is 2.94. The van der Waals surface area contributed by atoms with Gasteiger partial charge in [0.25, 0.3) is 12.3 Å². The fourth-order valence-corrected chi connectivity index (χ4v) is 3.14. The van der Waals surface area contributed by atoms with Gasteiger partial charge in [-0.1, -0.05) is 23.7 Å². The molecule has 0 aliphatic heterocycles. The van der Waals surface area contributed by atoms with Gasteiger partial charge in [-0.3, -0.25) is 9.48 Å². The minimum absolute atomic E-state index is 0.00432. The van der Waals surface area contributed by atoms with Crippen LogP contribution < -0.4 is 5.32 Å². The zero-order valence-electron chi connectivity index (χ0n) is 15.5. The van der Waals surface area contributed by atoms with Crippen molar-refractivity contribution >= 4 is 29.0 Å². The Morgan fingerprint density at radius 1 is 1.27 bits per heavy atom. The summed E-state index contributed by atoms with van der Waals surface area (Å²) in [7, 11) is 0. The van der Waals surface area contributed by atoms with Crippen LogP contribution in [0, 0.1) is 12.7 Å².